The van der Waals surface area contributed by atoms with Crippen molar-refractivity contribution >= 4 is 11.9 Å². The lowest BCUT2D eigenvalue weighted by Gasteiger charge is -2.22. The summed E-state index contributed by atoms with van der Waals surface area (Å²) in [4.78, 5) is 27.3. The maximum Gasteiger partial charge on any atom is 0.310 e. The van der Waals surface area contributed by atoms with Crippen LogP contribution in [0.15, 0.2) is 24.4 Å². The van der Waals surface area contributed by atoms with Crippen LogP contribution in [0.1, 0.15) is 37.8 Å². The molecule has 0 atom stereocenters. The van der Waals surface area contributed by atoms with Crippen LogP contribution in [0.25, 0.3) is 0 Å². The summed E-state index contributed by atoms with van der Waals surface area (Å²) in [6.07, 6.45) is 4.70. The van der Waals surface area contributed by atoms with Gasteiger partial charge in [-0.25, -0.2) is 0 Å². The van der Waals surface area contributed by atoms with Gasteiger partial charge in [0.1, 0.15) is 0 Å². The first-order chi connectivity index (χ1) is 9.12. The van der Waals surface area contributed by atoms with Crippen molar-refractivity contribution in [1.82, 2.24) is 10.3 Å². The third-order valence-electron chi connectivity index (χ3n) is 3.71. The Hall–Kier alpha value is -1.91. The number of pyridine rings is 1. The van der Waals surface area contributed by atoms with Crippen LogP contribution < -0.4 is 5.32 Å². The fourth-order valence-corrected chi connectivity index (χ4v) is 2.58. The second kappa shape index (κ2) is 5.82. The van der Waals surface area contributed by atoms with E-state index in [1.807, 2.05) is 18.2 Å². The van der Waals surface area contributed by atoms with Crippen LogP contribution in [-0.4, -0.2) is 22.0 Å². The summed E-state index contributed by atoms with van der Waals surface area (Å²) in [6, 6.07) is 5.48. The normalized spacial score (nSPS) is 17.1. The molecule has 0 aromatic carbocycles. The predicted molar refractivity (Wildman–Crippen MR) is 69.2 cm³/mol. The molecule has 1 aromatic heterocycles. The number of carbonyl (C=O) groups is 2. The average molecular weight is 262 g/mol. The molecule has 1 heterocycles. The van der Waals surface area contributed by atoms with E-state index < -0.39 is 11.4 Å². The number of carbonyl (C=O) groups excluding carboxylic acids is 1. The summed E-state index contributed by atoms with van der Waals surface area (Å²) in [5.74, 6) is -1.06. The molecule has 102 valence electrons. The molecule has 1 aliphatic rings. The SMILES string of the molecule is O=C(CC1(C(=O)O)CCCC1)NCc1ccccn1. The minimum atomic E-state index is -0.853. The van der Waals surface area contributed by atoms with Gasteiger partial charge in [-0.2, -0.15) is 0 Å². The molecule has 19 heavy (non-hydrogen) atoms. The van der Waals surface area contributed by atoms with Gasteiger partial charge in [0.05, 0.1) is 17.7 Å². The Morgan fingerprint density at radius 3 is 2.63 bits per heavy atom. The highest BCUT2D eigenvalue weighted by atomic mass is 16.4. The number of rotatable bonds is 5. The van der Waals surface area contributed by atoms with Crippen LogP contribution in [0, 0.1) is 5.41 Å². The number of amides is 1. The monoisotopic (exact) mass is 262 g/mol. The molecule has 0 radical (unpaired) electrons. The van der Waals surface area contributed by atoms with Crippen molar-refractivity contribution in [3.05, 3.63) is 30.1 Å². The Labute approximate surface area is 112 Å². The number of carboxylic acids is 1. The topological polar surface area (TPSA) is 79.3 Å². The van der Waals surface area contributed by atoms with Crippen molar-refractivity contribution in [3.63, 3.8) is 0 Å². The summed E-state index contributed by atoms with van der Waals surface area (Å²) in [7, 11) is 0. The van der Waals surface area contributed by atoms with Crippen molar-refractivity contribution < 1.29 is 14.7 Å². The van der Waals surface area contributed by atoms with Crippen LogP contribution in [0.2, 0.25) is 0 Å². The van der Waals surface area contributed by atoms with Gasteiger partial charge in [0, 0.05) is 12.6 Å². The lowest BCUT2D eigenvalue weighted by atomic mass is 9.82. The van der Waals surface area contributed by atoms with Crippen LogP contribution in [0.5, 0.6) is 0 Å². The molecule has 1 saturated carbocycles. The van der Waals surface area contributed by atoms with E-state index in [2.05, 4.69) is 10.3 Å². The molecular formula is C14H18N2O3. The van der Waals surface area contributed by atoms with E-state index in [0.717, 1.165) is 18.5 Å². The fourth-order valence-electron chi connectivity index (χ4n) is 2.58. The number of nitrogens with zero attached hydrogens (tertiary/aromatic N) is 1. The van der Waals surface area contributed by atoms with E-state index in [1.165, 1.54) is 0 Å². The summed E-state index contributed by atoms with van der Waals surface area (Å²) in [5.41, 5.74) is -0.0829. The highest BCUT2D eigenvalue weighted by Gasteiger charge is 2.42. The van der Waals surface area contributed by atoms with Crippen molar-refractivity contribution in [1.29, 1.82) is 0 Å². The van der Waals surface area contributed by atoms with Gasteiger partial charge in [0.15, 0.2) is 0 Å². The molecule has 2 N–H and O–H groups in total. The average Bonchev–Trinajstić information content (AvgIpc) is 2.87. The Kier molecular flexibility index (Phi) is 4.14. The Bertz CT molecular complexity index is 453. The van der Waals surface area contributed by atoms with E-state index in [1.54, 1.807) is 6.20 Å². The van der Waals surface area contributed by atoms with E-state index in [4.69, 9.17) is 0 Å². The van der Waals surface area contributed by atoms with Crippen molar-refractivity contribution in [2.45, 2.75) is 38.6 Å². The van der Waals surface area contributed by atoms with Gasteiger partial charge in [0.25, 0.3) is 0 Å². The molecule has 0 aliphatic heterocycles. The minimum absolute atomic E-state index is 0.0646. The van der Waals surface area contributed by atoms with Gasteiger partial charge in [-0.1, -0.05) is 18.9 Å². The molecule has 1 aliphatic carbocycles. The van der Waals surface area contributed by atoms with Crippen LogP contribution in [0.4, 0.5) is 0 Å². The first-order valence-electron chi connectivity index (χ1n) is 6.52. The second-order valence-electron chi connectivity index (χ2n) is 5.07. The first kappa shape index (κ1) is 13.5. The van der Waals surface area contributed by atoms with E-state index >= 15 is 0 Å². The lowest BCUT2D eigenvalue weighted by molar-refractivity contribution is -0.151. The molecule has 0 unspecified atom stereocenters. The van der Waals surface area contributed by atoms with Gasteiger partial charge in [-0.3, -0.25) is 14.6 Å². The van der Waals surface area contributed by atoms with Crippen molar-refractivity contribution in [3.8, 4) is 0 Å². The Morgan fingerprint density at radius 1 is 1.32 bits per heavy atom. The molecule has 5 heteroatoms. The van der Waals surface area contributed by atoms with Crippen LogP contribution >= 0.6 is 0 Å². The molecule has 5 nitrogen and oxygen atoms in total. The smallest absolute Gasteiger partial charge is 0.310 e. The predicted octanol–water partition coefficient (Wildman–Crippen LogP) is 1.73. The Balaban J connectivity index is 1.88. The minimum Gasteiger partial charge on any atom is -0.481 e. The number of hydrogen-bond acceptors (Lipinski definition) is 3. The number of nitrogens with one attached hydrogen (secondary N) is 1. The van der Waals surface area contributed by atoms with E-state index in [9.17, 15) is 14.7 Å². The quantitative estimate of drug-likeness (QED) is 0.847. The molecule has 0 spiro atoms. The molecule has 0 bridgehead atoms. The number of hydrogen-bond donors (Lipinski definition) is 2. The highest BCUT2D eigenvalue weighted by molar-refractivity contribution is 5.85. The van der Waals surface area contributed by atoms with Crippen LogP contribution in [0.3, 0.4) is 0 Å². The summed E-state index contributed by atoms with van der Waals surface area (Å²) in [5, 5.41) is 12.0. The fraction of sp³-hybridized carbons (Fsp3) is 0.500. The lowest BCUT2D eigenvalue weighted by Crippen LogP contribution is -2.35. The zero-order valence-electron chi connectivity index (χ0n) is 10.8. The third-order valence-corrected chi connectivity index (χ3v) is 3.71. The van der Waals surface area contributed by atoms with Gasteiger partial charge >= 0.3 is 5.97 Å². The number of aliphatic carboxylic acids is 1. The van der Waals surface area contributed by atoms with Gasteiger partial charge in [-0.05, 0) is 25.0 Å². The number of aromatic nitrogens is 1. The maximum atomic E-state index is 11.9. The molecule has 1 fully saturated rings. The highest BCUT2D eigenvalue weighted by Crippen LogP contribution is 2.41. The largest absolute Gasteiger partial charge is 0.481 e. The van der Waals surface area contributed by atoms with Gasteiger partial charge in [-0.15, -0.1) is 0 Å². The maximum absolute atomic E-state index is 11.9. The molecule has 1 amide bonds. The van der Waals surface area contributed by atoms with Gasteiger partial charge in [0.2, 0.25) is 5.91 Å². The third kappa shape index (κ3) is 3.30. The molecular weight excluding hydrogens is 244 g/mol. The molecule has 0 saturated heterocycles. The van der Waals surface area contributed by atoms with Gasteiger partial charge < -0.3 is 10.4 Å². The summed E-state index contributed by atoms with van der Waals surface area (Å²) >= 11 is 0. The van der Waals surface area contributed by atoms with E-state index in [-0.39, 0.29) is 12.3 Å². The number of carboxylic acid groups (broad SMARTS) is 1. The summed E-state index contributed by atoms with van der Waals surface area (Å²) in [6.45, 7) is 0.343. The van der Waals surface area contributed by atoms with Crippen molar-refractivity contribution in [2.75, 3.05) is 0 Å². The summed E-state index contributed by atoms with van der Waals surface area (Å²) < 4.78 is 0. The van der Waals surface area contributed by atoms with E-state index in [0.29, 0.717) is 19.4 Å². The molecule has 2 rings (SSSR count). The van der Waals surface area contributed by atoms with Crippen molar-refractivity contribution in [2.24, 2.45) is 5.41 Å². The second-order valence-corrected chi connectivity index (χ2v) is 5.07. The Morgan fingerprint density at radius 2 is 2.05 bits per heavy atom. The zero-order chi connectivity index (χ0) is 13.7. The first-order valence-corrected chi connectivity index (χ1v) is 6.52. The standard InChI is InChI=1S/C14H18N2O3/c17-12(16-10-11-5-1-4-8-15-11)9-14(13(18)19)6-2-3-7-14/h1,4-5,8H,2-3,6-7,9-10H2,(H,16,17)(H,18,19). The molecule has 1 aromatic rings. The van der Waals surface area contributed by atoms with Crippen LogP contribution in [-0.2, 0) is 16.1 Å². The zero-order valence-corrected chi connectivity index (χ0v) is 10.8.